The molecular weight excluding hydrogens is 270 g/mol. The number of ether oxygens (including phenoxy) is 1. The average molecular weight is 281 g/mol. The summed E-state index contributed by atoms with van der Waals surface area (Å²) in [6, 6.07) is 13.3. The number of amides is 1. The maximum atomic E-state index is 11.9. The number of carbonyl (C=O) groups excluding carboxylic acids is 1. The van der Waals surface area contributed by atoms with Gasteiger partial charge in [-0.15, -0.1) is 0 Å². The van der Waals surface area contributed by atoms with Crippen LogP contribution in [0.4, 0.5) is 5.69 Å². The van der Waals surface area contributed by atoms with Gasteiger partial charge in [0.25, 0.3) is 5.91 Å². The van der Waals surface area contributed by atoms with E-state index < -0.39 is 5.97 Å². The van der Waals surface area contributed by atoms with Crippen LogP contribution in [0.25, 0.3) is 6.08 Å². The SMILES string of the molecule is O=C1Nc2ccccc2O/C1=C\c1ccc(C(=O)O)cc1. The van der Waals surface area contributed by atoms with Crippen LogP contribution in [0.5, 0.6) is 5.75 Å². The molecule has 2 aromatic rings. The Hall–Kier alpha value is -3.08. The predicted molar refractivity (Wildman–Crippen MR) is 77.1 cm³/mol. The van der Waals surface area contributed by atoms with Crippen molar-refractivity contribution in [3.8, 4) is 5.75 Å². The number of rotatable bonds is 2. The molecule has 0 atom stereocenters. The summed E-state index contributed by atoms with van der Waals surface area (Å²) in [5.74, 6) is -0.590. The van der Waals surface area contributed by atoms with Gasteiger partial charge in [-0.1, -0.05) is 24.3 Å². The van der Waals surface area contributed by atoms with Crippen molar-refractivity contribution in [1.29, 1.82) is 0 Å². The molecule has 1 heterocycles. The molecule has 0 bridgehead atoms. The lowest BCUT2D eigenvalue weighted by Gasteiger charge is -2.19. The Morgan fingerprint density at radius 3 is 2.52 bits per heavy atom. The zero-order chi connectivity index (χ0) is 14.8. The van der Waals surface area contributed by atoms with Crippen LogP contribution in [0.2, 0.25) is 0 Å². The number of para-hydroxylation sites is 2. The third-order valence-corrected chi connectivity index (χ3v) is 3.03. The third kappa shape index (κ3) is 2.62. The molecule has 2 N–H and O–H groups in total. The van der Waals surface area contributed by atoms with Crippen molar-refractivity contribution in [2.45, 2.75) is 0 Å². The van der Waals surface area contributed by atoms with E-state index in [0.29, 0.717) is 17.0 Å². The lowest BCUT2D eigenvalue weighted by atomic mass is 10.1. The van der Waals surface area contributed by atoms with Gasteiger partial charge in [0, 0.05) is 0 Å². The van der Waals surface area contributed by atoms with Gasteiger partial charge in [0.1, 0.15) is 0 Å². The van der Waals surface area contributed by atoms with Crippen LogP contribution in [-0.2, 0) is 4.79 Å². The Morgan fingerprint density at radius 2 is 1.81 bits per heavy atom. The maximum absolute atomic E-state index is 11.9. The fraction of sp³-hybridized carbons (Fsp3) is 0. The van der Waals surface area contributed by atoms with Crippen LogP contribution >= 0.6 is 0 Å². The highest BCUT2D eigenvalue weighted by atomic mass is 16.5. The van der Waals surface area contributed by atoms with Crippen molar-refractivity contribution in [2.75, 3.05) is 5.32 Å². The summed E-state index contributed by atoms with van der Waals surface area (Å²) in [5, 5.41) is 11.6. The number of carbonyl (C=O) groups is 2. The number of nitrogens with one attached hydrogen (secondary N) is 1. The Labute approximate surface area is 120 Å². The second-order valence-electron chi connectivity index (χ2n) is 4.49. The average Bonchev–Trinajstić information content (AvgIpc) is 2.48. The summed E-state index contributed by atoms with van der Waals surface area (Å²) < 4.78 is 5.56. The second-order valence-corrected chi connectivity index (χ2v) is 4.49. The summed E-state index contributed by atoms with van der Waals surface area (Å²) in [4.78, 5) is 22.7. The van der Waals surface area contributed by atoms with E-state index in [-0.39, 0.29) is 17.2 Å². The largest absolute Gasteiger partial charge is 0.478 e. The van der Waals surface area contributed by atoms with E-state index in [4.69, 9.17) is 9.84 Å². The molecule has 3 rings (SSSR count). The minimum Gasteiger partial charge on any atom is -0.478 e. The van der Waals surface area contributed by atoms with Gasteiger partial charge < -0.3 is 15.2 Å². The van der Waals surface area contributed by atoms with Gasteiger partial charge in [0.2, 0.25) is 0 Å². The predicted octanol–water partition coefficient (Wildman–Crippen LogP) is 2.76. The number of carboxylic acids is 1. The van der Waals surface area contributed by atoms with Gasteiger partial charge in [-0.2, -0.15) is 0 Å². The minimum absolute atomic E-state index is 0.164. The van der Waals surface area contributed by atoms with E-state index in [1.165, 1.54) is 12.1 Å². The molecule has 0 aromatic heterocycles. The summed E-state index contributed by atoms with van der Waals surface area (Å²) >= 11 is 0. The highest BCUT2D eigenvalue weighted by molar-refractivity contribution is 6.08. The first-order valence-corrected chi connectivity index (χ1v) is 6.27. The van der Waals surface area contributed by atoms with Crippen LogP contribution in [-0.4, -0.2) is 17.0 Å². The summed E-state index contributed by atoms with van der Waals surface area (Å²) in [6.07, 6.45) is 1.57. The van der Waals surface area contributed by atoms with Gasteiger partial charge in [0.15, 0.2) is 11.5 Å². The Bertz CT molecular complexity index is 747. The second kappa shape index (κ2) is 5.13. The zero-order valence-electron chi connectivity index (χ0n) is 10.9. The van der Waals surface area contributed by atoms with Crippen molar-refractivity contribution in [2.24, 2.45) is 0 Å². The zero-order valence-corrected chi connectivity index (χ0v) is 10.9. The number of anilines is 1. The number of aromatic carboxylic acids is 1. The number of fused-ring (bicyclic) bond motifs is 1. The summed E-state index contributed by atoms with van der Waals surface area (Å²) in [5.41, 5.74) is 1.50. The molecule has 0 spiro atoms. The lowest BCUT2D eigenvalue weighted by Crippen LogP contribution is -2.23. The molecule has 1 aliphatic rings. The normalized spacial score (nSPS) is 15.0. The first-order valence-electron chi connectivity index (χ1n) is 6.27. The van der Waals surface area contributed by atoms with Crippen molar-refractivity contribution >= 4 is 23.6 Å². The summed E-state index contributed by atoms with van der Waals surface area (Å²) in [6.45, 7) is 0. The minimum atomic E-state index is -0.991. The topological polar surface area (TPSA) is 75.6 Å². The van der Waals surface area contributed by atoms with Gasteiger partial charge in [0.05, 0.1) is 11.3 Å². The maximum Gasteiger partial charge on any atom is 0.335 e. The molecule has 1 amide bonds. The summed E-state index contributed by atoms with van der Waals surface area (Å²) in [7, 11) is 0. The monoisotopic (exact) mass is 281 g/mol. The Kier molecular flexibility index (Phi) is 3.16. The van der Waals surface area contributed by atoms with Gasteiger partial charge in [-0.25, -0.2) is 4.79 Å². The molecule has 0 saturated carbocycles. The van der Waals surface area contributed by atoms with E-state index in [1.54, 1.807) is 30.3 Å². The van der Waals surface area contributed by atoms with E-state index in [9.17, 15) is 9.59 Å². The number of carboxylic acid groups (broad SMARTS) is 1. The van der Waals surface area contributed by atoms with Gasteiger partial charge in [-0.3, -0.25) is 4.79 Å². The van der Waals surface area contributed by atoms with Crippen molar-refractivity contribution in [3.63, 3.8) is 0 Å². The van der Waals surface area contributed by atoms with Crippen molar-refractivity contribution in [3.05, 3.63) is 65.4 Å². The molecule has 0 aliphatic carbocycles. The van der Waals surface area contributed by atoms with Crippen LogP contribution in [0.3, 0.4) is 0 Å². The molecule has 0 radical (unpaired) electrons. The van der Waals surface area contributed by atoms with Gasteiger partial charge in [-0.05, 0) is 35.9 Å². The molecular formula is C16H11NO4. The van der Waals surface area contributed by atoms with Crippen LogP contribution < -0.4 is 10.1 Å². The molecule has 104 valence electrons. The molecule has 21 heavy (non-hydrogen) atoms. The molecule has 5 heteroatoms. The Morgan fingerprint density at radius 1 is 1.10 bits per heavy atom. The van der Waals surface area contributed by atoms with E-state index in [0.717, 1.165) is 0 Å². The van der Waals surface area contributed by atoms with E-state index >= 15 is 0 Å². The van der Waals surface area contributed by atoms with E-state index in [2.05, 4.69) is 5.32 Å². The number of hydrogen-bond acceptors (Lipinski definition) is 3. The first kappa shape index (κ1) is 12.9. The molecule has 0 fully saturated rings. The van der Waals surface area contributed by atoms with Crippen molar-refractivity contribution in [1.82, 2.24) is 0 Å². The first-order chi connectivity index (χ1) is 10.1. The molecule has 1 aliphatic heterocycles. The lowest BCUT2D eigenvalue weighted by molar-refractivity contribution is -0.115. The Balaban J connectivity index is 1.90. The standard InChI is InChI=1S/C16H11NO4/c18-15-14(21-13-4-2-1-3-12(13)17-15)9-10-5-7-11(8-6-10)16(19)20/h1-9H,(H,17,18)(H,19,20)/b14-9-. The fourth-order valence-electron chi connectivity index (χ4n) is 1.98. The smallest absolute Gasteiger partial charge is 0.335 e. The number of hydrogen-bond donors (Lipinski definition) is 2. The van der Waals surface area contributed by atoms with Crippen molar-refractivity contribution < 1.29 is 19.4 Å². The third-order valence-electron chi connectivity index (χ3n) is 3.03. The van der Waals surface area contributed by atoms with Crippen LogP contribution in [0, 0.1) is 0 Å². The highest BCUT2D eigenvalue weighted by Crippen LogP contribution is 2.30. The van der Waals surface area contributed by atoms with Crippen LogP contribution in [0.15, 0.2) is 54.3 Å². The molecule has 2 aromatic carbocycles. The van der Waals surface area contributed by atoms with Crippen LogP contribution in [0.1, 0.15) is 15.9 Å². The molecule has 0 unspecified atom stereocenters. The number of benzene rings is 2. The quantitative estimate of drug-likeness (QED) is 0.830. The molecule has 0 saturated heterocycles. The fourth-order valence-corrected chi connectivity index (χ4v) is 1.98. The van der Waals surface area contributed by atoms with E-state index in [1.807, 2.05) is 12.1 Å². The molecule has 5 nitrogen and oxygen atoms in total. The highest BCUT2D eigenvalue weighted by Gasteiger charge is 2.21. The van der Waals surface area contributed by atoms with Gasteiger partial charge >= 0.3 is 5.97 Å².